The van der Waals surface area contributed by atoms with Crippen LogP contribution in [0.15, 0.2) is 22.4 Å². The van der Waals surface area contributed by atoms with Crippen LogP contribution in [0.25, 0.3) is 5.57 Å². The van der Waals surface area contributed by atoms with Gasteiger partial charge in [0.25, 0.3) is 11.8 Å². The van der Waals surface area contributed by atoms with Crippen LogP contribution in [0.2, 0.25) is 0 Å². The zero-order valence-corrected chi connectivity index (χ0v) is 15.1. The van der Waals surface area contributed by atoms with E-state index in [2.05, 4.69) is 6.92 Å². The fourth-order valence-electron chi connectivity index (χ4n) is 2.44. The van der Waals surface area contributed by atoms with Crippen molar-refractivity contribution in [2.75, 3.05) is 6.54 Å². The summed E-state index contributed by atoms with van der Waals surface area (Å²) in [6.07, 6.45) is 4.25. The first-order chi connectivity index (χ1) is 10.6. The number of thiophene rings is 1. The molecule has 0 spiro atoms. The SMILES string of the molecule is CCCCCCN1C(=O)C(SC(C)C)=C(c2cccs2)C1=O. The molecule has 0 fully saturated rings. The van der Waals surface area contributed by atoms with Crippen LogP contribution in [0.4, 0.5) is 0 Å². The van der Waals surface area contributed by atoms with Crippen LogP contribution in [0.3, 0.4) is 0 Å². The minimum Gasteiger partial charge on any atom is -0.274 e. The number of rotatable bonds is 8. The third-order valence-electron chi connectivity index (χ3n) is 3.48. The molecule has 0 aliphatic carbocycles. The van der Waals surface area contributed by atoms with Crippen molar-refractivity contribution >= 4 is 40.5 Å². The lowest BCUT2D eigenvalue weighted by atomic mass is 10.2. The summed E-state index contributed by atoms with van der Waals surface area (Å²) in [6.45, 7) is 6.78. The van der Waals surface area contributed by atoms with Gasteiger partial charge in [-0.15, -0.1) is 23.1 Å². The first-order valence-corrected chi connectivity index (χ1v) is 9.63. The van der Waals surface area contributed by atoms with Crippen molar-refractivity contribution in [3.8, 4) is 0 Å². The predicted molar refractivity (Wildman–Crippen MR) is 94.8 cm³/mol. The molecule has 1 aromatic heterocycles. The Hall–Kier alpha value is -1.07. The van der Waals surface area contributed by atoms with Crippen molar-refractivity contribution in [3.63, 3.8) is 0 Å². The maximum atomic E-state index is 12.7. The highest BCUT2D eigenvalue weighted by Crippen LogP contribution is 2.39. The second kappa shape index (κ2) is 7.97. The van der Waals surface area contributed by atoms with E-state index in [-0.39, 0.29) is 17.1 Å². The number of hydrogen-bond acceptors (Lipinski definition) is 4. The van der Waals surface area contributed by atoms with E-state index in [0.717, 1.165) is 30.6 Å². The fourth-order valence-corrected chi connectivity index (χ4v) is 4.27. The summed E-state index contributed by atoms with van der Waals surface area (Å²) in [6, 6.07) is 3.85. The van der Waals surface area contributed by atoms with Gasteiger partial charge in [-0.25, -0.2) is 0 Å². The van der Waals surface area contributed by atoms with Crippen LogP contribution in [0.1, 0.15) is 51.3 Å². The van der Waals surface area contributed by atoms with Crippen LogP contribution in [0, 0.1) is 0 Å². The third-order valence-corrected chi connectivity index (χ3v) is 5.46. The molecule has 0 radical (unpaired) electrons. The highest BCUT2D eigenvalue weighted by molar-refractivity contribution is 8.04. The molecule has 1 aromatic rings. The molecule has 0 saturated heterocycles. The van der Waals surface area contributed by atoms with E-state index in [1.165, 1.54) is 28.0 Å². The van der Waals surface area contributed by atoms with Crippen molar-refractivity contribution in [1.82, 2.24) is 4.90 Å². The van der Waals surface area contributed by atoms with E-state index in [1.54, 1.807) is 0 Å². The number of imide groups is 1. The summed E-state index contributed by atoms with van der Waals surface area (Å²) in [4.78, 5) is 28.3. The number of nitrogens with zero attached hydrogens (tertiary/aromatic N) is 1. The molecular weight excluding hydrogens is 314 g/mol. The second-order valence-corrected chi connectivity index (χ2v) is 8.21. The van der Waals surface area contributed by atoms with Crippen LogP contribution < -0.4 is 0 Å². The lowest BCUT2D eigenvalue weighted by Gasteiger charge is -2.15. The number of thioether (sulfide) groups is 1. The van der Waals surface area contributed by atoms with Gasteiger partial charge < -0.3 is 0 Å². The average molecular weight is 338 g/mol. The maximum Gasteiger partial charge on any atom is 0.268 e. The van der Waals surface area contributed by atoms with E-state index in [4.69, 9.17) is 0 Å². The van der Waals surface area contributed by atoms with Gasteiger partial charge in [-0.1, -0.05) is 46.1 Å². The molecule has 5 heteroatoms. The molecular formula is C17H23NO2S2. The molecule has 0 saturated carbocycles. The fraction of sp³-hybridized carbons (Fsp3) is 0.529. The van der Waals surface area contributed by atoms with Crippen LogP contribution in [0.5, 0.6) is 0 Å². The van der Waals surface area contributed by atoms with Crippen molar-refractivity contribution in [3.05, 3.63) is 27.3 Å². The molecule has 0 atom stereocenters. The Morgan fingerprint density at radius 3 is 2.55 bits per heavy atom. The quantitative estimate of drug-likeness (QED) is 0.516. The van der Waals surface area contributed by atoms with Gasteiger partial charge in [0, 0.05) is 16.7 Å². The summed E-state index contributed by atoms with van der Waals surface area (Å²) < 4.78 is 0. The van der Waals surface area contributed by atoms with Gasteiger partial charge in [-0.2, -0.15) is 0 Å². The van der Waals surface area contributed by atoms with Gasteiger partial charge in [0.1, 0.15) is 0 Å². The predicted octanol–water partition coefficient (Wildman–Crippen LogP) is 4.55. The standard InChI is InChI=1S/C17H23NO2S2/c1-4-5-6-7-10-18-16(19)14(13-9-8-11-21-13)15(17(18)20)22-12(2)3/h8-9,11-12H,4-7,10H2,1-3H3. The highest BCUT2D eigenvalue weighted by Gasteiger charge is 2.39. The minimum absolute atomic E-state index is 0.108. The Labute approximate surface area is 140 Å². The molecule has 2 rings (SSSR count). The molecule has 3 nitrogen and oxygen atoms in total. The van der Waals surface area contributed by atoms with Crippen molar-refractivity contribution < 1.29 is 9.59 Å². The lowest BCUT2D eigenvalue weighted by molar-refractivity contribution is -0.136. The van der Waals surface area contributed by atoms with E-state index in [1.807, 2.05) is 31.4 Å². The topological polar surface area (TPSA) is 37.4 Å². The third kappa shape index (κ3) is 3.82. The van der Waals surface area contributed by atoms with Gasteiger partial charge in [0.05, 0.1) is 10.5 Å². The van der Waals surface area contributed by atoms with E-state index >= 15 is 0 Å². The van der Waals surface area contributed by atoms with E-state index in [0.29, 0.717) is 17.0 Å². The second-order valence-electron chi connectivity index (χ2n) is 5.67. The minimum atomic E-state index is -0.118. The van der Waals surface area contributed by atoms with Crippen molar-refractivity contribution in [2.45, 2.75) is 51.7 Å². The molecule has 2 amide bonds. The van der Waals surface area contributed by atoms with Crippen LogP contribution in [-0.2, 0) is 9.59 Å². The summed E-state index contributed by atoms with van der Waals surface area (Å²) in [7, 11) is 0. The Morgan fingerprint density at radius 2 is 1.95 bits per heavy atom. The molecule has 0 bridgehead atoms. The molecule has 2 heterocycles. The Balaban J connectivity index is 2.20. The zero-order chi connectivity index (χ0) is 16.1. The van der Waals surface area contributed by atoms with Crippen molar-refractivity contribution in [2.24, 2.45) is 0 Å². The molecule has 0 N–H and O–H groups in total. The molecule has 120 valence electrons. The highest BCUT2D eigenvalue weighted by atomic mass is 32.2. The number of carbonyl (C=O) groups is 2. The summed E-state index contributed by atoms with van der Waals surface area (Å²) in [5, 5.41) is 2.23. The van der Waals surface area contributed by atoms with Gasteiger partial charge in [0.2, 0.25) is 0 Å². The van der Waals surface area contributed by atoms with Gasteiger partial charge in [0.15, 0.2) is 0 Å². The molecule has 0 aromatic carbocycles. The van der Waals surface area contributed by atoms with Gasteiger partial charge in [-0.05, 0) is 17.9 Å². The summed E-state index contributed by atoms with van der Waals surface area (Å²) in [5.41, 5.74) is 0.606. The Kier molecular flexibility index (Phi) is 6.26. The van der Waals surface area contributed by atoms with Gasteiger partial charge >= 0.3 is 0 Å². The van der Waals surface area contributed by atoms with Gasteiger partial charge in [-0.3, -0.25) is 14.5 Å². The first-order valence-electron chi connectivity index (χ1n) is 7.87. The Bertz CT molecular complexity index is 561. The number of unbranched alkanes of at least 4 members (excludes halogenated alkanes) is 3. The summed E-state index contributed by atoms with van der Waals surface area (Å²) in [5.74, 6) is -0.226. The normalized spacial score (nSPS) is 15.5. The molecule has 0 unspecified atom stereocenters. The van der Waals surface area contributed by atoms with Crippen LogP contribution >= 0.6 is 23.1 Å². The number of hydrogen-bond donors (Lipinski definition) is 0. The largest absolute Gasteiger partial charge is 0.274 e. The van der Waals surface area contributed by atoms with E-state index in [9.17, 15) is 9.59 Å². The molecule has 22 heavy (non-hydrogen) atoms. The smallest absolute Gasteiger partial charge is 0.268 e. The number of carbonyl (C=O) groups excluding carboxylic acids is 2. The molecule has 1 aliphatic heterocycles. The Morgan fingerprint density at radius 1 is 1.18 bits per heavy atom. The zero-order valence-electron chi connectivity index (χ0n) is 13.4. The molecule has 1 aliphatic rings. The number of amides is 2. The summed E-state index contributed by atoms with van der Waals surface area (Å²) >= 11 is 3.02. The first kappa shape index (κ1) is 17.3. The van der Waals surface area contributed by atoms with E-state index < -0.39 is 0 Å². The van der Waals surface area contributed by atoms with Crippen LogP contribution in [-0.4, -0.2) is 28.5 Å². The lowest BCUT2D eigenvalue weighted by Crippen LogP contribution is -2.32. The van der Waals surface area contributed by atoms with Crippen molar-refractivity contribution in [1.29, 1.82) is 0 Å². The maximum absolute atomic E-state index is 12.7. The monoisotopic (exact) mass is 337 g/mol. The average Bonchev–Trinajstić information content (AvgIpc) is 3.05.